The summed E-state index contributed by atoms with van der Waals surface area (Å²) in [6.07, 6.45) is -2.55. The number of anilines is 1. The quantitative estimate of drug-likeness (QED) is 0.804. The molecule has 2 rings (SSSR count). The Kier molecular flexibility index (Phi) is 3.31. The highest BCUT2D eigenvalue weighted by Gasteiger charge is 2.29. The fraction of sp³-hybridized carbons (Fsp3) is 0.364. The Morgan fingerprint density at radius 3 is 2.88 bits per heavy atom. The molecule has 0 saturated heterocycles. The lowest BCUT2D eigenvalue weighted by atomic mass is 9.99. The zero-order valence-electron chi connectivity index (χ0n) is 9.04. The van der Waals surface area contributed by atoms with E-state index in [1.54, 1.807) is 6.07 Å². The molecule has 3 nitrogen and oxygen atoms in total. The number of aliphatic hydroxyl groups is 1. The molecule has 2 N–H and O–H groups in total. The Labute approximate surface area is 102 Å². The van der Waals surface area contributed by atoms with E-state index >= 15 is 0 Å². The van der Waals surface area contributed by atoms with E-state index in [9.17, 15) is 13.9 Å². The summed E-state index contributed by atoms with van der Waals surface area (Å²) in [6, 6.07) is 1.70. The molecule has 0 aromatic carbocycles. The molecule has 0 radical (unpaired) electrons. The average molecular weight is 261 g/mol. The number of fused-ring (bicyclic) bond motifs is 1. The predicted molar refractivity (Wildman–Crippen MR) is 62.0 cm³/mol. The van der Waals surface area contributed by atoms with E-state index in [4.69, 9.17) is 11.6 Å². The molecular formula is C11H11ClF2N2O. The SMILES string of the molecule is CC1=C(C(F)F)C(O)Nc2cc(CCl)cnc21. The molecule has 1 aliphatic heterocycles. The second-order valence-corrected chi connectivity index (χ2v) is 4.07. The summed E-state index contributed by atoms with van der Waals surface area (Å²) in [6.45, 7) is 1.53. The molecule has 1 aromatic heterocycles. The van der Waals surface area contributed by atoms with Gasteiger partial charge in [0.25, 0.3) is 6.43 Å². The number of halogens is 3. The van der Waals surface area contributed by atoms with Gasteiger partial charge in [-0.3, -0.25) is 4.98 Å². The summed E-state index contributed by atoms with van der Waals surface area (Å²) in [5.41, 5.74) is 1.70. The van der Waals surface area contributed by atoms with Gasteiger partial charge >= 0.3 is 0 Å². The third-order valence-corrected chi connectivity index (χ3v) is 3.02. The predicted octanol–water partition coefficient (Wildman–Crippen LogP) is 2.60. The number of hydrogen-bond donors (Lipinski definition) is 2. The van der Waals surface area contributed by atoms with Crippen LogP contribution in [0.5, 0.6) is 0 Å². The van der Waals surface area contributed by atoms with Crippen LogP contribution in [0.4, 0.5) is 14.5 Å². The first-order valence-corrected chi connectivity index (χ1v) is 5.56. The molecule has 0 fully saturated rings. The molecule has 1 atom stereocenters. The smallest absolute Gasteiger partial charge is 0.264 e. The van der Waals surface area contributed by atoms with Gasteiger partial charge in [0, 0.05) is 17.6 Å². The molecule has 0 aliphatic carbocycles. The lowest BCUT2D eigenvalue weighted by Crippen LogP contribution is -2.30. The molecule has 6 heteroatoms. The maximum absolute atomic E-state index is 12.8. The van der Waals surface area contributed by atoms with Crippen molar-refractivity contribution >= 4 is 22.9 Å². The minimum Gasteiger partial charge on any atom is -0.370 e. The summed E-state index contributed by atoms with van der Waals surface area (Å²) in [5.74, 6) is 0.280. The normalized spacial score (nSPS) is 19.3. The zero-order chi connectivity index (χ0) is 12.6. The first-order valence-electron chi connectivity index (χ1n) is 5.03. The molecule has 2 heterocycles. The number of allylic oxidation sites excluding steroid dienone is 1. The van der Waals surface area contributed by atoms with E-state index in [1.807, 2.05) is 0 Å². The van der Waals surface area contributed by atoms with Crippen molar-refractivity contribution in [1.82, 2.24) is 4.98 Å². The van der Waals surface area contributed by atoms with Gasteiger partial charge in [-0.15, -0.1) is 11.6 Å². The lowest BCUT2D eigenvalue weighted by Gasteiger charge is -2.26. The topological polar surface area (TPSA) is 45.1 Å². The standard InChI is InChI=1S/C11H11ClF2N2O/c1-5-8(10(13)14)11(17)16-7-2-6(3-12)4-15-9(5)7/h2,4,10-11,16-17H,3H2,1H3. The Hall–Kier alpha value is -1.20. The molecule has 0 bridgehead atoms. The number of rotatable bonds is 2. The van der Waals surface area contributed by atoms with Crippen molar-refractivity contribution in [3.63, 3.8) is 0 Å². The highest BCUT2D eigenvalue weighted by Crippen LogP contribution is 2.34. The number of pyridine rings is 1. The van der Waals surface area contributed by atoms with Gasteiger partial charge in [0.05, 0.1) is 11.4 Å². The molecule has 1 aliphatic rings. The van der Waals surface area contributed by atoms with Crippen LogP contribution in [0.3, 0.4) is 0 Å². The number of nitrogens with zero attached hydrogens (tertiary/aromatic N) is 1. The number of nitrogens with one attached hydrogen (secondary N) is 1. The maximum Gasteiger partial charge on any atom is 0.264 e. The van der Waals surface area contributed by atoms with Gasteiger partial charge in [-0.25, -0.2) is 8.78 Å². The van der Waals surface area contributed by atoms with Crippen LogP contribution in [-0.2, 0) is 5.88 Å². The molecule has 0 amide bonds. The monoisotopic (exact) mass is 260 g/mol. The Balaban J connectivity index is 2.53. The summed E-state index contributed by atoms with van der Waals surface area (Å²) >= 11 is 5.66. The third kappa shape index (κ3) is 2.12. The van der Waals surface area contributed by atoms with Gasteiger partial charge in [0.2, 0.25) is 0 Å². The van der Waals surface area contributed by atoms with Crippen molar-refractivity contribution in [2.75, 3.05) is 5.32 Å². The van der Waals surface area contributed by atoms with Crippen molar-refractivity contribution in [2.24, 2.45) is 0 Å². The minimum atomic E-state index is -2.71. The molecule has 0 saturated carbocycles. The Morgan fingerprint density at radius 2 is 2.29 bits per heavy atom. The summed E-state index contributed by atoms with van der Waals surface area (Å²) in [4.78, 5) is 4.09. The number of alkyl halides is 3. The van der Waals surface area contributed by atoms with Crippen LogP contribution >= 0.6 is 11.6 Å². The Bertz CT molecular complexity index is 477. The van der Waals surface area contributed by atoms with Crippen LogP contribution in [-0.4, -0.2) is 22.7 Å². The fourth-order valence-electron chi connectivity index (χ4n) is 1.84. The van der Waals surface area contributed by atoms with Crippen LogP contribution in [0, 0.1) is 0 Å². The fourth-order valence-corrected chi connectivity index (χ4v) is 1.99. The van der Waals surface area contributed by atoms with Crippen LogP contribution in [0.25, 0.3) is 5.57 Å². The molecule has 1 aromatic rings. The van der Waals surface area contributed by atoms with Crippen molar-refractivity contribution in [3.05, 3.63) is 29.1 Å². The second-order valence-electron chi connectivity index (χ2n) is 3.80. The molecule has 92 valence electrons. The lowest BCUT2D eigenvalue weighted by molar-refractivity contribution is 0.139. The molecule has 0 spiro atoms. The summed E-state index contributed by atoms with van der Waals surface area (Å²) in [5, 5.41) is 12.2. The van der Waals surface area contributed by atoms with Gasteiger partial charge < -0.3 is 10.4 Å². The van der Waals surface area contributed by atoms with E-state index < -0.39 is 12.7 Å². The maximum atomic E-state index is 12.8. The van der Waals surface area contributed by atoms with Gasteiger partial charge in [0.1, 0.15) is 0 Å². The van der Waals surface area contributed by atoms with E-state index in [1.165, 1.54) is 13.1 Å². The molecule has 17 heavy (non-hydrogen) atoms. The number of aromatic nitrogens is 1. The van der Waals surface area contributed by atoms with Gasteiger partial charge in [-0.1, -0.05) is 0 Å². The van der Waals surface area contributed by atoms with Gasteiger partial charge in [-0.05, 0) is 24.1 Å². The highest BCUT2D eigenvalue weighted by atomic mass is 35.5. The van der Waals surface area contributed by atoms with Gasteiger partial charge in [-0.2, -0.15) is 0 Å². The van der Waals surface area contributed by atoms with Crippen LogP contribution in [0.15, 0.2) is 17.8 Å². The van der Waals surface area contributed by atoms with Crippen molar-refractivity contribution in [2.45, 2.75) is 25.5 Å². The third-order valence-electron chi connectivity index (χ3n) is 2.71. The van der Waals surface area contributed by atoms with E-state index in [2.05, 4.69) is 10.3 Å². The highest BCUT2D eigenvalue weighted by molar-refractivity contribution is 6.17. The first-order chi connectivity index (χ1) is 8.04. The summed E-state index contributed by atoms with van der Waals surface area (Å²) in [7, 11) is 0. The van der Waals surface area contributed by atoms with Crippen molar-refractivity contribution in [3.8, 4) is 0 Å². The number of aliphatic hydroxyl groups excluding tert-OH is 1. The number of hydrogen-bond acceptors (Lipinski definition) is 3. The van der Waals surface area contributed by atoms with Gasteiger partial charge in [0.15, 0.2) is 6.23 Å². The average Bonchev–Trinajstić information content (AvgIpc) is 2.27. The van der Waals surface area contributed by atoms with E-state index in [-0.39, 0.29) is 11.5 Å². The first kappa shape index (κ1) is 12.3. The second kappa shape index (κ2) is 4.58. The molecule has 1 unspecified atom stereocenters. The van der Waals surface area contributed by atoms with Crippen molar-refractivity contribution in [1.29, 1.82) is 0 Å². The van der Waals surface area contributed by atoms with E-state index in [0.717, 1.165) is 5.56 Å². The van der Waals surface area contributed by atoms with E-state index in [0.29, 0.717) is 17.0 Å². The van der Waals surface area contributed by atoms with Crippen LogP contribution in [0.2, 0.25) is 0 Å². The minimum absolute atomic E-state index is 0.280. The molecular weight excluding hydrogens is 250 g/mol. The van der Waals surface area contributed by atoms with Crippen LogP contribution in [0.1, 0.15) is 18.2 Å². The largest absolute Gasteiger partial charge is 0.370 e. The summed E-state index contributed by atoms with van der Waals surface area (Å²) < 4.78 is 25.5. The van der Waals surface area contributed by atoms with Crippen molar-refractivity contribution < 1.29 is 13.9 Å². The zero-order valence-corrected chi connectivity index (χ0v) is 9.80. The van der Waals surface area contributed by atoms with Crippen LogP contribution < -0.4 is 5.32 Å². The Morgan fingerprint density at radius 1 is 1.59 bits per heavy atom.